The van der Waals surface area contributed by atoms with E-state index in [1.54, 1.807) is 12.1 Å². The lowest BCUT2D eigenvalue weighted by Crippen LogP contribution is -2.34. The molecule has 0 atom stereocenters. The van der Waals surface area contributed by atoms with Crippen molar-refractivity contribution >= 4 is 11.6 Å². The van der Waals surface area contributed by atoms with Crippen LogP contribution in [0.3, 0.4) is 0 Å². The zero-order valence-corrected chi connectivity index (χ0v) is 10.3. The fourth-order valence-electron chi connectivity index (χ4n) is 2.13. The minimum absolute atomic E-state index is 0.0146. The highest BCUT2D eigenvalue weighted by Gasteiger charge is 2.22. The summed E-state index contributed by atoms with van der Waals surface area (Å²) in [6.07, 6.45) is 1.62. The predicted octanol–water partition coefficient (Wildman–Crippen LogP) is 1.77. The standard InChI is InChI=1S/C13H17FN2O2/c1-18-12-10(14)3-2-4-11(12)16-13(17)9-5-7-15-8-6-9/h2-4,9,15H,5-8H2,1H3,(H,16,17). The molecule has 0 aromatic heterocycles. The first-order valence-electron chi connectivity index (χ1n) is 6.06. The van der Waals surface area contributed by atoms with Gasteiger partial charge in [0.25, 0.3) is 0 Å². The second kappa shape index (κ2) is 5.82. The topological polar surface area (TPSA) is 50.4 Å². The van der Waals surface area contributed by atoms with Crippen molar-refractivity contribution in [1.82, 2.24) is 5.32 Å². The largest absolute Gasteiger partial charge is 0.492 e. The third-order valence-corrected chi connectivity index (χ3v) is 3.14. The number of benzene rings is 1. The van der Waals surface area contributed by atoms with Crippen LogP contribution in [-0.4, -0.2) is 26.1 Å². The van der Waals surface area contributed by atoms with Crippen molar-refractivity contribution in [2.45, 2.75) is 12.8 Å². The van der Waals surface area contributed by atoms with Crippen LogP contribution in [0, 0.1) is 11.7 Å². The number of carbonyl (C=O) groups excluding carboxylic acids is 1. The monoisotopic (exact) mass is 252 g/mol. The summed E-state index contributed by atoms with van der Waals surface area (Å²) >= 11 is 0. The Balaban J connectivity index is 2.08. The van der Waals surface area contributed by atoms with Crippen molar-refractivity contribution < 1.29 is 13.9 Å². The van der Waals surface area contributed by atoms with Gasteiger partial charge in [0.2, 0.25) is 5.91 Å². The average molecular weight is 252 g/mol. The summed E-state index contributed by atoms with van der Waals surface area (Å²) in [5.74, 6) is -0.472. The van der Waals surface area contributed by atoms with E-state index in [0.29, 0.717) is 5.69 Å². The summed E-state index contributed by atoms with van der Waals surface area (Å²) in [6.45, 7) is 1.69. The lowest BCUT2D eigenvalue weighted by Gasteiger charge is -2.22. The summed E-state index contributed by atoms with van der Waals surface area (Å²) in [6, 6.07) is 4.50. The molecule has 1 aromatic rings. The number of ether oxygens (including phenoxy) is 1. The van der Waals surface area contributed by atoms with Gasteiger partial charge in [-0.2, -0.15) is 0 Å². The Hall–Kier alpha value is -1.62. The van der Waals surface area contributed by atoms with Crippen molar-refractivity contribution in [2.24, 2.45) is 5.92 Å². The molecule has 0 bridgehead atoms. The number of halogens is 1. The van der Waals surface area contributed by atoms with Crippen LogP contribution in [-0.2, 0) is 4.79 Å². The zero-order chi connectivity index (χ0) is 13.0. The smallest absolute Gasteiger partial charge is 0.227 e. The number of para-hydroxylation sites is 1. The number of methoxy groups -OCH3 is 1. The predicted molar refractivity (Wildman–Crippen MR) is 67.2 cm³/mol. The Morgan fingerprint density at radius 2 is 2.17 bits per heavy atom. The highest BCUT2D eigenvalue weighted by Crippen LogP contribution is 2.28. The van der Waals surface area contributed by atoms with E-state index in [1.165, 1.54) is 13.2 Å². The molecule has 4 nitrogen and oxygen atoms in total. The van der Waals surface area contributed by atoms with E-state index in [-0.39, 0.29) is 17.6 Å². The molecule has 1 aliphatic heterocycles. The molecule has 0 spiro atoms. The van der Waals surface area contributed by atoms with Gasteiger partial charge in [0, 0.05) is 5.92 Å². The summed E-state index contributed by atoms with van der Waals surface area (Å²) in [5, 5.41) is 5.94. The van der Waals surface area contributed by atoms with Crippen LogP contribution in [0.1, 0.15) is 12.8 Å². The Morgan fingerprint density at radius 1 is 1.44 bits per heavy atom. The molecule has 0 saturated carbocycles. The van der Waals surface area contributed by atoms with Crippen LogP contribution in [0.2, 0.25) is 0 Å². The maximum Gasteiger partial charge on any atom is 0.227 e. The number of amides is 1. The van der Waals surface area contributed by atoms with E-state index >= 15 is 0 Å². The summed E-state index contributed by atoms with van der Waals surface area (Å²) < 4.78 is 18.4. The van der Waals surface area contributed by atoms with E-state index < -0.39 is 5.82 Å². The molecule has 98 valence electrons. The molecule has 2 rings (SSSR count). The molecule has 1 aromatic carbocycles. The van der Waals surface area contributed by atoms with Gasteiger partial charge in [0.15, 0.2) is 11.6 Å². The van der Waals surface area contributed by atoms with Crippen LogP contribution in [0.5, 0.6) is 5.75 Å². The lowest BCUT2D eigenvalue weighted by atomic mass is 9.97. The number of rotatable bonds is 3. The number of hydrogen-bond acceptors (Lipinski definition) is 3. The molecular weight excluding hydrogens is 235 g/mol. The molecule has 1 fully saturated rings. The van der Waals surface area contributed by atoms with E-state index in [2.05, 4.69) is 10.6 Å². The van der Waals surface area contributed by atoms with Gasteiger partial charge in [-0.25, -0.2) is 4.39 Å². The number of piperidine rings is 1. The molecule has 1 saturated heterocycles. The second-order valence-electron chi connectivity index (χ2n) is 4.33. The third-order valence-electron chi connectivity index (χ3n) is 3.14. The van der Waals surface area contributed by atoms with Crippen molar-refractivity contribution in [3.63, 3.8) is 0 Å². The first kappa shape index (κ1) is 12.8. The van der Waals surface area contributed by atoms with Crippen LogP contribution in [0.25, 0.3) is 0 Å². The van der Waals surface area contributed by atoms with Crippen LogP contribution >= 0.6 is 0 Å². The number of carbonyl (C=O) groups is 1. The lowest BCUT2D eigenvalue weighted by molar-refractivity contribution is -0.120. The highest BCUT2D eigenvalue weighted by atomic mass is 19.1. The van der Waals surface area contributed by atoms with E-state index in [1.807, 2.05) is 0 Å². The summed E-state index contributed by atoms with van der Waals surface area (Å²) in [7, 11) is 1.39. The Kier molecular flexibility index (Phi) is 4.15. The molecule has 0 radical (unpaired) electrons. The van der Waals surface area contributed by atoms with Gasteiger partial charge in [0.1, 0.15) is 0 Å². The molecule has 18 heavy (non-hydrogen) atoms. The van der Waals surface area contributed by atoms with Crippen LogP contribution in [0.4, 0.5) is 10.1 Å². The molecule has 1 heterocycles. The first-order chi connectivity index (χ1) is 8.72. The Morgan fingerprint density at radius 3 is 2.83 bits per heavy atom. The number of hydrogen-bond donors (Lipinski definition) is 2. The molecule has 0 aliphatic carbocycles. The van der Waals surface area contributed by atoms with Gasteiger partial charge in [-0.15, -0.1) is 0 Å². The minimum Gasteiger partial charge on any atom is -0.492 e. The highest BCUT2D eigenvalue weighted by molar-refractivity contribution is 5.94. The van der Waals surface area contributed by atoms with Crippen molar-refractivity contribution in [1.29, 1.82) is 0 Å². The Labute approximate surface area is 106 Å². The normalized spacial score (nSPS) is 16.3. The fraction of sp³-hybridized carbons (Fsp3) is 0.462. The summed E-state index contributed by atoms with van der Waals surface area (Å²) in [5.41, 5.74) is 0.390. The quantitative estimate of drug-likeness (QED) is 0.862. The third kappa shape index (κ3) is 2.79. The zero-order valence-electron chi connectivity index (χ0n) is 10.3. The molecule has 0 unspecified atom stereocenters. The molecule has 1 aliphatic rings. The molecular formula is C13H17FN2O2. The number of anilines is 1. The van der Waals surface area contributed by atoms with Gasteiger partial charge in [0.05, 0.1) is 12.8 Å². The van der Waals surface area contributed by atoms with Gasteiger partial charge in [-0.3, -0.25) is 4.79 Å². The fourth-order valence-corrected chi connectivity index (χ4v) is 2.13. The molecule has 1 amide bonds. The maximum absolute atomic E-state index is 13.5. The van der Waals surface area contributed by atoms with Crippen molar-refractivity contribution in [2.75, 3.05) is 25.5 Å². The van der Waals surface area contributed by atoms with Gasteiger partial charge < -0.3 is 15.4 Å². The van der Waals surface area contributed by atoms with Gasteiger partial charge >= 0.3 is 0 Å². The van der Waals surface area contributed by atoms with Crippen LogP contribution in [0.15, 0.2) is 18.2 Å². The molecule has 5 heteroatoms. The van der Waals surface area contributed by atoms with Gasteiger partial charge in [-0.1, -0.05) is 6.07 Å². The van der Waals surface area contributed by atoms with E-state index in [9.17, 15) is 9.18 Å². The van der Waals surface area contributed by atoms with Crippen molar-refractivity contribution in [3.05, 3.63) is 24.0 Å². The van der Waals surface area contributed by atoms with Crippen molar-refractivity contribution in [3.8, 4) is 5.75 Å². The SMILES string of the molecule is COc1c(F)cccc1NC(=O)C1CCNCC1. The maximum atomic E-state index is 13.5. The first-order valence-corrected chi connectivity index (χ1v) is 6.06. The second-order valence-corrected chi connectivity index (χ2v) is 4.33. The minimum atomic E-state index is -0.472. The van der Waals surface area contributed by atoms with E-state index in [4.69, 9.17) is 4.74 Å². The van der Waals surface area contributed by atoms with E-state index in [0.717, 1.165) is 25.9 Å². The summed E-state index contributed by atoms with van der Waals surface area (Å²) in [4.78, 5) is 12.0. The molecule has 2 N–H and O–H groups in total. The van der Waals surface area contributed by atoms with Gasteiger partial charge in [-0.05, 0) is 38.1 Å². The van der Waals surface area contributed by atoms with Crippen LogP contribution < -0.4 is 15.4 Å². The number of nitrogens with one attached hydrogen (secondary N) is 2. The average Bonchev–Trinajstić information content (AvgIpc) is 2.40. The Bertz CT molecular complexity index is 431.